The number of nitrogens with two attached hydrogens (primary N) is 2. The molecule has 0 spiro atoms. The Morgan fingerprint density at radius 1 is 0.636 bits per heavy atom. The number of benzene rings is 5. The SMILES string of the molecule is COCCN(CCN(C)C(=O)OCc1ccc(NC(=O)[C@H](CCCNC(N)=O)NC(=O)[C@@H](NC(=O)CCOCCOCCOCCOCCOCCOCCN)C(C)C)cc1)C(=O)Oc1cc2c(c3ccccc13)[C@H](CCl)CN2C(=O)c1ccc(C(=O)N2C[C@@H](CCl)c3c2cc(OP(O)O)c2ccccc32)s1. The number of amides is 9. The van der Waals surface area contributed by atoms with Gasteiger partial charge in [0.05, 0.1) is 107 Å². The molecular weight excluding hydrogens is 1470 g/mol. The van der Waals surface area contributed by atoms with Gasteiger partial charge in [-0.2, -0.15) is 0 Å². The van der Waals surface area contributed by atoms with E-state index in [4.69, 9.17) is 81.8 Å². The molecule has 5 aromatic carbocycles. The van der Waals surface area contributed by atoms with Crippen LogP contribution in [-0.2, 0) is 58.9 Å². The molecule has 0 saturated heterocycles. The summed E-state index contributed by atoms with van der Waals surface area (Å²) < 4.78 is 55.4. The summed E-state index contributed by atoms with van der Waals surface area (Å²) in [6.45, 7) is 8.98. The highest BCUT2D eigenvalue weighted by molar-refractivity contribution is 7.39. The molecule has 9 amide bonds. The number of hydrogen-bond donors (Lipinski definition) is 8. The van der Waals surface area contributed by atoms with Crippen LogP contribution in [0.15, 0.2) is 97.1 Å². The number of hydrogen-bond acceptors (Lipinski definition) is 22. The maximum absolute atomic E-state index is 14.8. The van der Waals surface area contributed by atoms with Gasteiger partial charge < -0.3 is 109 Å². The Labute approximate surface area is 636 Å². The number of urea groups is 1. The Kier molecular flexibility index (Phi) is 34.6. The third-order valence-corrected chi connectivity index (χ3v) is 19.6. The summed E-state index contributed by atoms with van der Waals surface area (Å²) in [6, 6.07) is 24.6. The fourth-order valence-electron chi connectivity index (χ4n) is 12.0. The second-order valence-corrected chi connectivity index (χ2v) is 27.6. The van der Waals surface area contributed by atoms with Crippen LogP contribution in [0.3, 0.4) is 0 Å². The number of nitrogens with one attached hydrogen (secondary N) is 4. The number of thiophene rings is 1. The zero-order valence-corrected chi connectivity index (χ0v) is 63.5. The first-order valence-electron chi connectivity index (χ1n) is 35.1. The highest BCUT2D eigenvalue weighted by atomic mass is 35.5. The summed E-state index contributed by atoms with van der Waals surface area (Å²) in [5, 5.41) is 13.5. The van der Waals surface area contributed by atoms with Crippen molar-refractivity contribution in [1.29, 1.82) is 0 Å². The van der Waals surface area contributed by atoms with E-state index in [1.54, 1.807) is 96.4 Å². The van der Waals surface area contributed by atoms with Crippen LogP contribution in [0.25, 0.3) is 21.5 Å². The molecule has 0 unspecified atom stereocenters. The van der Waals surface area contributed by atoms with Gasteiger partial charge in [0.1, 0.15) is 30.2 Å². The summed E-state index contributed by atoms with van der Waals surface area (Å²) in [7, 11) is 0.214. The number of rotatable bonds is 45. The number of likely N-dealkylation sites (N-methyl/N-ethyl adjacent to an activating group) is 1. The van der Waals surface area contributed by atoms with Crippen molar-refractivity contribution in [3.05, 3.63) is 124 Å². The quantitative estimate of drug-likeness (QED) is 0.0103. The zero-order valence-electron chi connectivity index (χ0n) is 60.3. The molecule has 0 aliphatic carbocycles. The average Bonchev–Trinajstić information content (AvgIpc) is 1.63. The van der Waals surface area contributed by atoms with Gasteiger partial charge in [-0.1, -0.05) is 74.5 Å². The minimum absolute atomic E-state index is 0.00591. The van der Waals surface area contributed by atoms with Gasteiger partial charge in [-0.05, 0) is 70.5 Å². The molecule has 0 fully saturated rings. The number of ether oxygens (including phenoxy) is 9. The van der Waals surface area contributed by atoms with Crippen molar-refractivity contribution in [3.8, 4) is 11.5 Å². The topological polar surface area (TPSA) is 382 Å². The number of anilines is 3. The highest BCUT2D eigenvalue weighted by Crippen LogP contribution is 2.49. The molecule has 0 radical (unpaired) electrons. The Hall–Kier alpha value is -8.11. The molecule has 10 N–H and O–H groups in total. The molecular formula is C73H95Cl2N10O20PS. The molecule has 30 nitrogen and oxygen atoms in total. The summed E-state index contributed by atoms with van der Waals surface area (Å²) in [6.07, 6.45) is -1.17. The van der Waals surface area contributed by atoms with Crippen LogP contribution in [0, 0.1) is 5.92 Å². The van der Waals surface area contributed by atoms with Crippen LogP contribution in [0.2, 0.25) is 0 Å². The molecule has 2 aliphatic rings. The second kappa shape index (κ2) is 43.8. The maximum atomic E-state index is 14.8. The van der Waals surface area contributed by atoms with E-state index in [9.17, 15) is 48.1 Å². The smallest absolute Gasteiger partial charge is 0.415 e. The maximum Gasteiger partial charge on any atom is 0.415 e. The Morgan fingerprint density at radius 2 is 1.15 bits per heavy atom. The molecule has 3 heterocycles. The number of nitrogens with zero attached hydrogens (tertiary/aromatic N) is 4. The summed E-state index contributed by atoms with van der Waals surface area (Å²) in [5.41, 5.74) is 14.1. The lowest BCUT2D eigenvalue weighted by Gasteiger charge is -2.25. The molecule has 2 aliphatic heterocycles. The summed E-state index contributed by atoms with van der Waals surface area (Å²) >= 11 is 14.2. The third-order valence-electron chi connectivity index (χ3n) is 17.4. The highest BCUT2D eigenvalue weighted by Gasteiger charge is 2.39. The minimum atomic E-state index is -2.78. The lowest BCUT2D eigenvalue weighted by Crippen LogP contribution is -2.54. The Bertz CT molecular complexity index is 3940. The third kappa shape index (κ3) is 24.7. The number of methoxy groups -OCH3 is 1. The monoisotopic (exact) mass is 1560 g/mol. The normalized spacial score (nSPS) is 14.4. The van der Waals surface area contributed by atoms with E-state index in [0.717, 1.165) is 27.8 Å². The number of halogens is 2. The van der Waals surface area contributed by atoms with Gasteiger partial charge in [-0.3, -0.25) is 24.0 Å². The average molecular weight is 1570 g/mol. The van der Waals surface area contributed by atoms with E-state index in [2.05, 4.69) is 21.3 Å². The fourth-order valence-corrected chi connectivity index (χ4v) is 13.7. The van der Waals surface area contributed by atoms with Gasteiger partial charge in [-0.15, -0.1) is 34.5 Å². The van der Waals surface area contributed by atoms with Crippen molar-refractivity contribution in [1.82, 2.24) is 25.8 Å². The standard InChI is InChI=1S/C73H95Cl2N10O20PS/c1-47(2)66(81-63(86)21-27-97-30-32-99-34-36-101-38-39-102-37-35-100-33-31-98-28-22-76)68(88)80-56(14-9-23-78-71(77)91)67(87)79-51-17-15-48(16-18-51)46-103-72(92)82(3)24-25-83(26-29-96-4)73(93)104-59-40-57-64(54-12-7-5-10-52(54)59)49(42-74)44-84(57)69(89)61-19-20-62(107-61)70(90)85-45-50(43-75)65-55-13-8-6-11-53(55)60(41-58(65)85)105-106(94)95/h5-8,10-13,15-20,40-41,47,49-50,56,66,94-95H,9,14,21-39,42-46,76H2,1-4H3,(H,79,87)(H,80,88)(H,81,86)(H3,77,78,91)/t49-,50-,56+,66+/m1/s1. The number of carbonyl (C=O) groups is 8. The van der Waals surface area contributed by atoms with Crippen LogP contribution in [0.4, 0.5) is 31.4 Å². The van der Waals surface area contributed by atoms with Crippen LogP contribution in [0.1, 0.15) is 81.0 Å². The van der Waals surface area contributed by atoms with E-state index >= 15 is 0 Å². The molecule has 0 bridgehead atoms. The van der Waals surface area contributed by atoms with E-state index in [1.165, 1.54) is 24.0 Å². The first-order valence-corrected chi connectivity index (χ1v) is 38.2. The first-order chi connectivity index (χ1) is 51.7. The molecule has 6 aromatic rings. The van der Waals surface area contributed by atoms with Gasteiger partial charge in [0, 0.05) is 119 Å². The number of fused-ring (bicyclic) bond motifs is 6. The van der Waals surface area contributed by atoms with Crippen molar-refractivity contribution >= 4 is 130 Å². The van der Waals surface area contributed by atoms with Gasteiger partial charge >= 0.3 is 26.8 Å². The lowest BCUT2D eigenvalue weighted by molar-refractivity contribution is -0.132. The fraction of sp³-hybridized carbons (Fsp3) is 0.479. The van der Waals surface area contributed by atoms with E-state index < -0.39 is 68.4 Å². The molecule has 582 valence electrons. The predicted molar refractivity (Wildman–Crippen MR) is 406 cm³/mol. The lowest BCUT2D eigenvalue weighted by atomic mass is 9.95. The predicted octanol–water partition coefficient (Wildman–Crippen LogP) is 7.79. The van der Waals surface area contributed by atoms with Crippen LogP contribution in [0.5, 0.6) is 11.5 Å². The van der Waals surface area contributed by atoms with Crippen molar-refractivity contribution in [2.24, 2.45) is 17.4 Å². The Morgan fingerprint density at radius 3 is 1.65 bits per heavy atom. The number of primary amides is 1. The van der Waals surface area contributed by atoms with E-state index in [0.29, 0.717) is 105 Å². The van der Waals surface area contributed by atoms with Gasteiger partial charge in [0.2, 0.25) is 17.7 Å². The van der Waals surface area contributed by atoms with Gasteiger partial charge in [0.15, 0.2) is 0 Å². The van der Waals surface area contributed by atoms with Crippen LogP contribution < -0.4 is 51.8 Å². The number of alkyl halides is 2. The molecule has 0 saturated carbocycles. The van der Waals surface area contributed by atoms with Gasteiger partial charge in [-0.25, -0.2) is 14.4 Å². The van der Waals surface area contributed by atoms with Crippen LogP contribution >= 0.6 is 43.1 Å². The van der Waals surface area contributed by atoms with Crippen molar-refractivity contribution < 1.29 is 95.3 Å². The summed E-state index contributed by atoms with van der Waals surface area (Å²) in [4.78, 5) is 135. The van der Waals surface area contributed by atoms with Gasteiger partial charge in [0.25, 0.3) is 11.8 Å². The second-order valence-electron chi connectivity index (χ2n) is 25.3. The largest absolute Gasteiger partial charge is 0.445 e. The number of carbonyl (C=O) groups excluding carboxylic acids is 8. The molecule has 4 atom stereocenters. The molecule has 8 rings (SSSR count). The molecule has 34 heteroatoms. The van der Waals surface area contributed by atoms with Crippen LogP contribution in [-0.4, -0.2) is 237 Å². The van der Waals surface area contributed by atoms with E-state index in [-0.39, 0.29) is 142 Å². The summed E-state index contributed by atoms with van der Waals surface area (Å²) in [5.74, 6) is -2.67. The van der Waals surface area contributed by atoms with Crippen molar-refractivity contribution in [2.45, 2.75) is 63.6 Å². The Balaban J connectivity index is 0.809. The first kappa shape index (κ1) is 84.5. The van der Waals surface area contributed by atoms with E-state index in [1.807, 2.05) is 24.3 Å². The van der Waals surface area contributed by atoms with Crippen molar-refractivity contribution in [3.63, 3.8) is 0 Å². The minimum Gasteiger partial charge on any atom is -0.445 e. The molecule has 107 heavy (non-hydrogen) atoms. The molecule has 1 aromatic heterocycles. The zero-order chi connectivity index (χ0) is 76.8. The van der Waals surface area contributed by atoms with Crippen molar-refractivity contribution in [2.75, 3.05) is 173 Å².